The van der Waals surface area contributed by atoms with Crippen LogP contribution >= 0.6 is 0 Å². The molecule has 0 aliphatic heterocycles. The molecule has 0 radical (unpaired) electrons. The number of hydrogen-bond acceptors (Lipinski definition) is 2. The molecule has 0 spiro atoms. The van der Waals surface area contributed by atoms with Crippen molar-refractivity contribution >= 4 is 55.7 Å². The summed E-state index contributed by atoms with van der Waals surface area (Å²) in [4.78, 5) is 5.00. The molecule has 11 rings (SSSR count). The van der Waals surface area contributed by atoms with Crippen molar-refractivity contribution in [1.29, 1.82) is 0 Å². The molecule has 0 amide bonds. The Kier molecular flexibility index (Phi) is 13.1. The topological polar surface area (TPSA) is 6.48 Å². The average Bonchev–Trinajstić information content (AvgIpc) is 3.50. The number of benzene rings is 11. The first-order valence-electron chi connectivity index (χ1n) is 26.9. The second-order valence-electron chi connectivity index (χ2n) is 22.6. The van der Waals surface area contributed by atoms with Gasteiger partial charge < -0.3 is 9.80 Å². The number of rotatable bonds is 14. The number of nitrogens with zero attached hydrogens (tertiary/aromatic N) is 2. The van der Waals surface area contributed by atoms with Gasteiger partial charge in [-0.15, -0.1) is 0 Å². The molecule has 76 heavy (non-hydrogen) atoms. The van der Waals surface area contributed by atoms with Gasteiger partial charge in [0.1, 0.15) is 0 Å². The molecule has 0 bridgehead atoms. The minimum Gasteiger partial charge on any atom is -0.309 e. The molecule has 2 nitrogen and oxygen atoms in total. The van der Waals surface area contributed by atoms with E-state index in [0.717, 1.165) is 55.7 Å². The zero-order chi connectivity index (χ0) is 52.7. The van der Waals surface area contributed by atoms with Crippen LogP contribution in [0.4, 0.5) is 34.1 Å². The van der Waals surface area contributed by atoms with Gasteiger partial charge in [0.15, 0.2) is 0 Å². The Morgan fingerprint density at radius 1 is 0.184 bits per heavy atom. The molecule has 0 aliphatic rings. The second kappa shape index (κ2) is 20.0. The highest BCUT2D eigenvalue weighted by molar-refractivity contribution is 6.23. The molecule has 374 valence electrons. The van der Waals surface area contributed by atoms with Crippen LogP contribution in [-0.4, -0.2) is 0 Å². The van der Waals surface area contributed by atoms with Crippen LogP contribution in [0.2, 0.25) is 0 Å². The zero-order valence-corrected chi connectivity index (χ0v) is 45.3. The lowest BCUT2D eigenvalue weighted by molar-refractivity contribution is 0.640. The number of fused-ring (bicyclic) bond motifs is 2. The Morgan fingerprint density at radius 3 is 0.526 bits per heavy atom. The summed E-state index contributed by atoms with van der Waals surface area (Å²) in [5, 5.41) is 4.64. The predicted molar refractivity (Wildman–Crippen MR) is 325 cm³/mol. The van der Waals surface area contributed by atoms with Crippen molar-refractivity contribution < 1.29 is 0 Å². The first-order valence-corrected chi connectivity index (χ1v) is 26.9. The van der Waals surface area contributed by atoms with E-state index in [1.165, 1.54) is 44.5 Å². The maximum absolute atomic E-state index is 2.50. The Labute approximate surface area is 451 Å². The molecule has 11 aromatic rings. The van der Waals surface area contributed by atoms with Crippen molar-refractivity contribution in [1.82, 2.24) is 0 Å². The summed E-state index contributed by atoms with van der Waals surface area (Å²) in [7, 11) is 0. The molecule has 0 N–H and O–H groups in total. The quantitative estimate of drug-likeness (QED) is 0.0791. The van der Waals surface area contributed by atoms with Gasteiger partial charge in [0, 0.05) is 66.0 Å². The molecule has 0 fully saturated rings. The van der Waals surface area contributed by atoms with Crippen LogP contribution in [0.15, 0.2) is 267 Å². The Morgan fingerprint density at radius 2 is 0.342 bits per heavy atom. The van der Waals surface area contributed by atoms with Gasteiger partial charge in [-0.25, -0.2) is 0 Å². The Bertz CT molecular complexity index is 3250. The minimum absolute atomic E-state index is 0.190. The molecule has 0 aliphatic carbocycles. The predicted octanol–water partition coefficient (Wildman–Crippen LogP) is 20.2. The van der Waals surface area contributed by atoms with E-state index in [1.54, 1.807) is 0 Å². The van der Waals surface area contributed by atoms with Gasteiger partial charge in [0.2, 0.25) is 0 Å². The summed E-state index contributed by atoms with van der Waals surface area (Å²) in [5.41, 5.74) is 16.1. The van der Waals surface area contributed by atoms with Gasteiger partial charge in [-0.3, -0.25) is 0 Å². The van der Waals surface area contributed by atoms with E-state index in [-0.39, 0.29) is 21.7 Å². The lowest BCUT2D eigenvalue weighted by Crippen LogP contribution is -2.20. The Hall–Kier alpha value is -8.46. The molecule has 0 aromatic heterocycles. The molecule has 2 heteroatoms. The van der Waals surface area contributed by atoms with E-state index in [1.807, 2.05) is 0 Å². The smallest absolute Gasteiger partial charge is 0.0619 e. The van der Waals surface area contributed by atoms with Crippen LogP contribution in [0.5, 0.6) is 0 Å². The Balaban J connectivity index is 1.12. The van der Waals surface area contributed by atoms with Crippen LogP contribution in [0.3, 0.4) is 0 Å². The summed E-state index contributed by atoms with van der Waals surface area (Å²) >= 11 is 0. The summed E-state index contributed by atoms with van der Waals surface area (Å²) in [6.45, 7) is 18.6. The fourth-order valence-corrected chi connectivity index (χ4v) is 11.6. The standard InChI is InChI=1S/C74H68N2/c1-71(2,53-25-13-9-14-26-53)57-37-45-61(46-38-57)75(62-47-39-58(40-48-62)72(3,4)54-27-15-10-16-28-54)69-65-33-21-23-35-67(65)70(68-36-24-22-34-66(68)69)76(63-49-41-59(42-50-63)73(5,6)55-29-17-11-18-30-55)64-51-43-60(44-52-64)74(7,8)56-31-19-12-20-32-56/h9-52H,1-8H3. The van der Waals surface area contributed by atoms with Gasteiger partial charge in [-0.2, -0.15) is 0 Å². The molecule has 0 atom stereocenters. The zero-order valence-electron chi connectivity index (χ0n) is 45.3. The summed E-state index contributed by atoms with van der Waals surface area (Å²) in [6.07, 6.45) is 0. The lowest BCUT2D eigenvalue weighted by Gasteiger charge is -2.34. The average molecular weight is 985 g/mol. The largest absolute Gasteiger partial charge is 0.309 e. The second-order valence-corrected chi connectivity index (χ2v) is 22.6. The van der Waals surface area contributed by atoms with E-state index < -0.39 is 0 Å². The van der Waals surface area contributed by atoms with Gasteiger partial charge in [-0.05, 0) is 93.0 Å². The van der Waals surface area contributed by atoms with Crippen LogP contribution in [0.1, 0.15) is 99.9 Å². The van der Waals surface area contributed by atoms with Crippen molar-refractivity contribution in [2.45, 2.75) is 77.0 Å². The highest BCUT2D eigenvalue weighted by atomic mass is 15.2. The first-order chi connectivity index (χ1) is 36.7. The van der Waals surface area contributed by atoms with Gasteiger partial charge >= 0.3 is 0 Å². The first kappa shape index (κ1) is 49.7. The number of anilines is 6. The molecular formula is C74H68N2. The fourth-order valence-electron chi connectivity index (χ4n) is 11.6. The maximum Gasteiger partial charge on any atom is 0.0619 e. The SMILES string of the molecule is CC(C)(c1ccccc1)c1ccc(N(c2ccc(C(C)(C)c3ccccc3)cc2)c2c3ccccc3c(N(c3ccc(C(C)(C)c4ccccc4)cc3)c3ccc(C(C)(C)c4ccccc4)cc3)c3ccccc23)cc1. The lowest BCUT2D eigenvalue weighted by atomic mass is 9.78. The van der Waals surface area contributed by atoms with Crippen molar-refractivity contribution in [2.75, 3.05) is 9.80 Å². The van der Waals surface area contributed by atoms with Crippen LogP contribution in [0, 0.1) is 0 Å². The van der Waals surface area contributed by atoms with E-state index >= 15 is 0 Å². The van der Waals surface area contributed by atoms with Crippen LogP contribution in [0.25, 0.3) is 21.5 Å². The number of hydrogen-bond donors (Lipinski definition) is 0. The highest BCUT2D eigenvalue weighted by Crippen LogP contribution is 2.52. The molecule has 0 saturated carbocycles. The van der Waals surface area contributed by atoms with E-state index in [9.17, 15) is 0 Å². The van der Waals surface area contributed by atoms with Gasteiger partial charge in [0.25, 0.3) is 0 Å². The van der Waals surface area contributed by atoms with E-state index in [4.69, 9.17) is 0 Å². The van der Waals surface area contributed by atoms with Crippen LogP contribution in [-0.2, 0) is 21.7 Å². The van der Waals surface area contributed by atoms with Crippen molar-refractivity contribution in [3.63, 3.8) is 0 Å². The summed E-state index contributed by atoms with van der Waals surface area (Å²) < 4.78 is 0. The third-order valence-electron chi connectivity index (χ3n) is 16.7. The van der Waals surface area contributed by atoms with Crippen molar-refractivity contribution in [3.8, 4) is 0 Å². The van der Waals surface area contributed by atoms with Crippen LogP contribution < -0.4 is 9.80 Å². The molecular weight excluding hydrogens is 917 g/mol. The monoisotopic (exact) mass is 985 g/mol. The summed E-state index contributed by atoms with van der Waals surface area (Å²) in [6, 6.07) is 98.7. The summed E-state index contributed by atoms with van der Waals surface area (Å²) in [5.74, 6) is 0. The van der Waals surface area contributed by atoms with Gasteiger partial charge in [-0.1, -0.05) is 274 Å². The van der Waals surface area contributed by atoms with E-state index in [2.05, 4.69) is 332 Å². The van der Waals surface area contributed by atoms with Crippen molar-refractivity contribution in [2.24, 2.45) is 0 Å². The minimum atomic E-state index is -0.190. The molecule has 11 aromatic carbocycles. The molecule has 0 unspecified atom stereocenters. The fraction of sp³-hybridized carbons (Fsp3) is 0.162. The maximum atomic E-state index is 2.50. The molecule has 0 heterocycles. The third-order valence-corrected chi connectivity index (χ3v) is 16.7. The highest BCUT2D eigenvalue weighted by Gasteiger charge is 2.30. The van der Waals surface area contributed by atoms with E-state index in [0.29, 0.717) is 0 Å². The third kappa shape index (κ3) is 9.06. The van der Waals surface area contributed by atoms with Gasteiger partial charge in [0.05, 0.1) is 11.4 Å². The normalized spacial score (nSPS) is 12.2. The molecule has 0 saturated heterocycles. The van der Waals surface area contributed by atoms with Crippen molar-refractivity contribution in [3.05, 3.63) is 311 Å².